The zero-order chi connectivity index (χ0) is 49.7. The average molecular weight is 927 g/mol. The standard InChI is InChI=1S/C40H66N10O15/c1-7-20(6)32-40(65)49-27(17-31(56)57)39(64)46-24(14-28(42)51)36(61)44-23(13-19(4)5)35(60)47-26(16-30(54)55)38(63)48-25(15-29(52)53)37(62)45-22(12-18(2)3)34(59)43-21(33(58)50-32)10-8-9-11-41/h18-27,32H,7-17,41H2,1-6H3,(H2,42,51)(H,43,59)(H,44,61)(H,45,62)(H,46,64)(H,47,60)(H,48,63)(H,49,65)(H,50,58)(H,52,53)(H,54,55)(H,56,57)/t20-,21-,22-,23-,24-,25-,26-,27-,32-/m0/s1. The summed E-state index contributed by atoms with van der Waals surface area (Å²) in [5.74, 6) is -16.5. The predicted octanol–water partition coefficient (Wildman–Crippen LogP) is -3.55. The molecular formula is C40H66N10O15. The topological polar surface area (TPSA) is 414 Å². The summed E-state index contributed by atoms with van der Waals surface area (Å²) < 4.78 is 0. The first-order valence-electron chi connectivity index (χ1n) is 21.4. The molecule has 0 spiro atoms. The van der Waals surface area contributed by atoms with Crippen molar-refractivity contribution in [3.05, 3.63) is 0 Å². The zero-order valence-electron chi connectivity index (χ0n) is 37.5. The first-order valence-corrected chi connectivity index (χ1v) is 21.4. The van der Waals surface area contributed by atoms with Gasteiger partial charge in [0, 0.05) is 0 Å². The van der Waals surface area contributed by atoms with Crippen LogP contribution in [-0.2, 0) is 57.5 Å². The fourth-order valence-corrected chi connectivity index (χ4v) is 6.58. The number of rotatable bonds is 18. The maximum absolute atomic E-state index is 14.0. The van der Waals surface area contributed by atoms with Gasteiger partial charge in [0.05, 0.1) is 25.7 Å². The Balaban J connectivity index is 4.09. The van der Waals surface area contributed by atoms with E-state index in [2.05, 4.69) is 42.5 Å². The summed E-state index contributed by atoms with van der Waals surface area (Å²) in [6.45, 7) is 10.0. The van der Waals surface area contributed by atoms with Crippen LogP contribution in [0.1, 0.15) is 106 Å². The highest BCUT2D eigenvalue weighted by Crippen LogP contribution is 2.14. The molecule has 1 aliphatic heterocycles. The van der Waals surface area contributed by atoms with Crippen LogP contribution in [0.15, 0.2) is 0 Å². The van der Waals surface area contributed by atoms with E-state index >= 15 is 0 Å². The van der Waals surface area contributed by atoms with E-state index in [1.165, 1.54) is 0 Å². The molecule has 1 aliphatic rings. The summed E-state index contributed by atoms with van der Waals surface area (Å²) in [4.78, 5) is 158. The van der Waals surface area contributed by atoms with Gasteiger partial charge in [0.15, 0.2) is 0 Å². The Morgan fingerprint density at radius 1 is 0.477 bits per heavy atom. The van der Waals surface area contributed by atoms with Crippen molar-refractivity contribution in [3.63, 3.8) is 0 Å². The number of nitrogens with two attached hydrogens (primary N) is 2. The fraction of sp³-hybridized carbons (Fsp3) is 0.700. The minimum Gasteiger partial charge on any atom is -0.481 e. The SMILES string of the molecule is CC[C@H](C)[C@@H]1NC(=O)[C@H](CCCCN)NC(=O)[C@H](CC(C)C)NC(=O)[C@H](CC(=O)O)NC(=O)[C@H](CC(=O)O)NC(=O)[C@H](CC(C)C)NC(=O)[C@H](CC(N)=O)NC(=O)[C@H](CC(=O)O)NC1=O. The quantitative estimate of drug-likeness (QED) is 0.0592. The summed E-state index contributed by atoms with van der Waals surface area (Å²) >= 11 is 0. The maximum atomic E-state index is 14.0. The lowest BCUT2D eigenvalue weighted by Crippen LogP contribution is -2.62. The van der Waals surface area contributed by atoms with Crippen LogP contribution in [-0.4, -0.2) is 141 Å². The number of carboxylic acid groups (broad SMARTS) is 3. The number of hydrogen-bond donors (Lipinski definition) is 13. The summed E-state index contributed by atoms with van der Waals surface area (Å²) in [5, 5.41) is 47.6. The van der Waals surface area contributed by atoms with Crippen molar-refractivity contribution in [3.8, 4) is 0 Å². The van der Waals surface area contributed by atoms with Gasteiger partial charge in [-0.25, -0.2) is 0 Å². The van der Waals surface area contributed by atoms with Crippen molar-refractivity contribution in [1.29, 1.82) is 0 Å². The van der Waals surface area contributed by atoms with Gasteiger partial charge in [0.25, 0.3) is 0 Å². The average Bonchev–Trinajstić information content (AvgIpc) is 3.18. The predicted molar refractivity (Wildman–Crippen MR) is 227 cm³/mol. The first kappa shape index (κ1) is 56.6. The van der Waals surface area contributed by atoms with Crippen LogP contribution in [0, 0.1) is 17.8 Å². The van der Waals surface area contributed by atoms with Crippen LogP contribution in [0.3, 0.4) is 0 Å². The van der Waals surface area contributed by atoms with Gasteiger partial charge in [-0.05, 0) is 56.4 Å². The van der Waals surface area contributed by atoms with Crippen molar-refractivity contribution >= 4 is 71.1 Å². The molecule has 0 aromatic rings. The summed E-state index contributed by atoms with van der Waals surface area (Å²) in [5.41, 5.74) is 11.0. The Morgan fingerprint density at radius 3 is 1.11 bits per heavy atom. The second-order valence-corrected chi connectivity index (χ2v) is 16.8. The molecule has 25 nitrogen and oxygen atoms in total. The molecule has 0 radical (unpaired) electrons. The molecule has 15 N–H and O–H groups in total. The Labute approximate surface area is 375 Å². The molecule has 0 saturated carbocycles. The third kappa shape index (κ3) is 20.8. The highest BCUT2D eigenvalue weighted by Gasteiger charge is 2.38. The van der Waals surface area contributed by atoms with E-state index in [0.717, 1.165) is 0 Å². The van der Waals surface area contributed by atoms with Crippen LogP contribution < -0.4 is 54.0 Å². The molecule has 366 valence electrons. The molecule has 9 amide bonds. The van der Waals surface area contributed by atoms with E-state index in [-0.39, 0.29) is 44.6 Å². The van der Waals surface area contributed by atoms with Crippen LogP contribution in [0.4, 0.5) is 0 Å². The number of carbonyl (C=O) groups is 12. The fourth-order valence-electron chi connectivity index (χ4n) is 6.58. The molecule has 1 rings (SSSR count). The monoisotopic (exact) mass is 926 g/mol. The summed E-state index contributed by atoms with van der Waals surface area (Å²) in [6.07, 6.45) is -3.62. The van der Waals surface area contributed by atoms with Crippen LogP contribution >= 0.6 is 0 Å². The molecule has 0 unspecified atom stereocenters. The molecule has 1 saturated heterocycles. The Hall–Kier alpha value is -6.40. The van der Waals surface area contributed by atoms with E-state index in [1.807, 2.05) is 0 Å². The van der Waals surface area contributed by atoms with E-state index in [9.17, 15) is 72.9 Å². The Bertz CT molecular complexity index is 1760. The largest absolute Gasteiger partial charge is 0.481 e. The van der Waals surface area contributed by atoms with Crippen molar-refractivity contribution in [2.24, 2.45) is 29.2 Å². The number of carbonyl (C=O) groups excluding carboxylic acids is 9. The molecule has 1 heterocycles. The normalized spacial score (nSPS) is 25.3. The Kier molecular flexibility index (Phi) is 24.1. The number of aliphatic carboxylic acids is 3. The van der Waals surface area contributed by atoms with E-state index in [0.29, 0.717) is 6.42 Å². The third-order valence-corrected chi connectivity index (χ3v) is 10.1. The highest BCUT2D eigenvalue weighted by atomic mass is 16.4. The second-order valence-electron chi connectivity index (χ2n) is 16.8. The first-order chi connectivity index (χ1) is 30.3. The highest BCUT2D eigenvalue weighted by molar-refractivity contribution is 6.01. The number of hydrogen-bond acceptors (Lipinski definition) is 13. The van der Waals surface area contributed by atoms with E-state index in [1.54, 1.807) is 41.5 Å². The molecule has 0 aliphatic carbocycles. The van der Waals surface area contributed by atoms with Crippen LogP contribution in [0.5, 0.6) is 0 Å². The number of unbranched alkanes of at least 4 members (excludes halogenated alkanes) is 1. The summed E-state index contributed by atoms with van der Waals surface area (Å²) in [7, 11) is 0. The minimum absolute atomic E-state index is 0.0499. The van der Waals surface area contributed by atoms with E-state index in [4.69, 9.17) is 11.5 Å². The number of nitrogens with one attached hydrogen (secondary N) is 8. The number of primary amides is 1. The van der Waals surface area contributed by atoms with Crippen molar-refractivity contribution in [1.82, 2.24) is 42.5 Å². The lowest BCUT2D eigenvalue weighted by Gasteiger charge is -2.30. The molecule has 0 bridgehead atoms. The molecule has 1 fully saturated rings. The molecular weight excluding hydrogens is 860 g/mol. The maximum Gasteiger partial charge on any atom is 0.305 e. The van der Waals surface area contributed by atoms with Gasteiger partial charge >= 0.3 is 17.9 Å². The van der Waals surface area contributed by atoms with Gasteiger partial charge in [-0.3, -0.25) is 57.5 Å². The molecule has 65 heavy (non-hydrogen) atoms. The van der Waals surface area contributed by atoms with Gasteiger partial charge in [-0.15, -0.1) is 0 Å². The van der Waals surface area contributed by atoms with Gasteiger partial charge in [-0.2, -0.15) is 0 Å². The lowest BCUT2D eigenvalue weighted by molar-refractivity contribution is -0.144. The van der Waals surface area contributed by atoms with Crippen molar-refractivity contribution < 1.29 is 72.9 Å². The third-order valence-electron chi connectivity index (χ3n) is 10.1. The van der Waals surface area contributed by atoms with Gasteiger partial charge in [0.1, 0.15) is 48.3 Å². The van der Waals surface area contributed by atoms with E-state index < -0.39 is 157 Å². The van der Waals surface area contributed by atoms with Crippen LogP contribution in [0.25, 0.3) is 0 Å². The smallest absolute Gasteiger partial charge is 0.305 e. The van der Waals surface area contributed by atoms with Gasteiger partial charge < -0.3 is 69.3 Å². The van der Waals surface area contributed by atoms with Gasteiger partial charge in [0.2, 0.25) is 53.2 Å². The molecule has 0 aromatic heterocycles. The van der Waals surface area contributed by atoms with Crippen LogP contribution in [0.2, 0.25) is 0 Å². The second kappa shape index (κ2) is 27.7. The van der Waals surface area contributed by atoms with Crippen molar-refractivity contribution in [2.45, 2.75) is 154 Å². The molecule has 0 aromatic carbocycles. The minimum atomic E-state index is -2.01. The number of amides is 9. The van der Waals surface area contributed by atoms with Crippen molar-refractivity contribution in [2.75, 3.05) is 6.54 Å². The lowest BCUT2D eigenvalue weighted by atomic mass is 9.96. The molecule has 25 heteroatoms. The Morgan fingerprint density at radius 2 is 0.785 bits per heavy atom. The van der Waals surface area contributed by atoms with Gasteiger partial charge in [-0.1, -0.05) is 48.0 Å². The summed E-state index contributed by atoms with van der Waals surface area (Å²) in [6, 6.07) is -13.8. The zero-order valence-corrected chi connectivity index (χ0v) is 37.5. The number of carboxylic acids is 3. The molecule has 9 atom stereocenters.